The maximum atomic E-state index is 12.2. The number of amides is 3. The maximum absolute atomic E-state index is 12.2. The van der Waals surface area contributed by atoms with Gasteiger partial charge in [0.15, 0.2) is 6.61 Å². The molecule has 7 heteroatoms. The number of rotatable bonds is 4. The highest BCUT2D eigenvalue weighted by Gasteiger charge is 2.29. The molecule has 0 unspecified atom stereocenters. The van der Waals surface area contributed by atoms with Crippen LogP contribution in [0.4, 0.5) is 4.79 Å². The van der Waals surface area contributed by atoms with Gasteiger partial charge in [0.25, 0.3) is 5.91 Å². The Hall–Kier alpha value is -2.31. The molecular weight excluding hydrogens is 310 g/mol. The fourth-order valence-corrected chi connectivity index (χ4v) is 2.62. The van der Waals surface area contributed by atoms with E-state index in [2.05, 4.69) is 15.2 Å². The number of esters is 1. The van der Waals surface area contributed by atoms with Crippen LogP contribution in [0.2, 0.25) is 0 Å². The van der Waals surface area contributed by atoms with E-state index in [1.54, 1.807) is 26.8 Å². The van der Waals surface area contributed by atoms with Gasteiger partial charge in [-0.1, -0.05) is 0 Å². The SMILES string of the molecule is Cc1cc(C(=O)OCC(=O)NC(=O)NC(C)(C)C)c(C)n1C1CC1. The van der Waals surface area contributed by atoms with Crippen LogP contribution in [0.25, 0.3) is 0 Å². The largest absolute Gasteiger partial charge is 0.452 e. The summed E-state index contributed by atoms with van der Waals surface area (Å²) in [5.74, 6) is -1.22. The first-order valence-corrected chi connectivity index (χ1v) is 8.06. The average Bonchev–Trinajstić information content (AvgIpc) is 3.20. The Morgan fingerprint density at radius 2 is 1.88 bits per heavy atom. The molecule has 0 atom stereocenters. The molecule has 2 rings (SSSR count). The minimum Gasteiger partial charge on any atom is -0.452 e. The van der Waals surface area contributed by atoms with Crippen LogP contribution in [0.1, 0.15) is 61.4 Å². The Balaban J connectivity index is 1.88. The second-order valence-electron chi connectivity index (χ2n) is 7.21. The van der Waals surface area contributed by atoms with Gasteiger partial charge in [-0.05, 0) is 53.5 Å². The average molecular weight is 335 g/mol. The van der Waals surface area contributed by atoms with Gasteiger partial charge in [0, 0.05) is 23.0 Å². The van der Waals surface area contributed by atoms with Crippen LogP contribution in [0.5, 0.6) is 0 Å². The molecule has 1 saturated carbocycles. The zero-order chi connectivity index (χ0) is 18.1. The van der Waals surface area contributed by atoms with Crippen LogP contribution in [0.3, 0.4) is 0 Å². The first-order valence-electron chi connectivity index (χ1n) is 8.06. The molecule has 1 aliphatic carbocycles. The van der Waals surface area contributed by atoms with Crippen molar-refractivity contribution >= 4 is 17.9 Å². The number of hydrogen-bond acceptors (Lipinski definition) is 4. The van der Waals surface area contributed by atoms with Gasteiger partial charge >= 0.3 is 12.0 Å². The summed E-state index contributed by atoms with van der Waals surface area (Å²) in [6, 6.07) is 1.63. The Morgan fingerprint density at radius 3 is 2.42 bits per heavy atom. The van der Waals surface area contributed by atoms with Crippen LogP contribution in [-0.2, 0) is 9.53 Å². The molecule has 7 nitrogen and oxygen atoms in total. The summed E-state index contributed by atoms with van der Waals surface area (Å²) in [6.45, 7) is 8.72. The molecule has 0 spiro atoms. The summed E-state index contributed by atoms with van der Waals surface area (Å²) in [7, 11) is 0. The lowest BCUT2D eigenvalue weighted by Gasteiger charge is -2.20. The number of ether oxygens (including phenoxy) is 1. The lowest BCUT2D eigenvalue weighted by atomic mass is 10.1. The molecule has 3 amide bonds. The minimum atomic E-state index is -0.666. The lowest BCUT2D eigenvalue weighted by Crippen LogP contribution is -2.49. The van der Waals surface area contributed by atoms with Gasteiger partial charge in [0.2, 0.25) is 0 Å². The zero-order valence-electron chi connectivity index (χ0n) is 14.9. The number of nitrogens with one attached hydrogen (secondary N) is 2. The Bertz CT molecular complexity index is 666. The summed E-state index contributed by atoms with van der Waals surface area (Å²) in [5, 5.41) is 4.73. The third-order valence-corrected chi connectivity index (χ3v) is 3.69. The van der Waals surface area contributed by atoms with Crippen molar-refractivity contribution in [1.29, 1.82) is 0 Å². The van der Waals surface area contributed by atoms with E-state index in [1.165, 1.54) is 0 Å². The second-order valence-corrected chi connectivity index (χ2v) is 7.21. The molecule has 0 aromatic carbocycles. The van der Waals surface area contributed by atoms with E-state index in [-0.39, 0.29) is 0 Å². The van der Waals surface area contributed by atoms with E-state index in [0.29, 0.717) is 11.6 Å². The van der Waals surface area contributed by atoms with Crippen LogP contribution < -0.4 is 10.6 Å². The Labute approximate surface area is 141 Å². The summed E-state index contributed by atoms with van der Waals surface area (Å²) < 4.78 is 7.16. The predicted molar refractivity (Wildman–Crippen MR) is 88.9 cm³/mol. The monoisotopic (exact) mass is 335 g/mol. The van der Waals surface area contributed by atoms with E-state index >= 15 is 0 Å². The molecule has 0 radical (unpaired) electrons. The van der Waals surface area contributed by atoms with Crippen molar-refractivity contribution in [2.45, 2.75) is 59.0 Å². The highest BCUT2D eigenvalue weighted by atomic mass is 16.5. The summed E-state index contributed by atoms with van der Waals surface area (Å²) >= 11 is 0. The van der Waals surface area contributed by atoms with Gasteiger partial charge in [0.1, 0.15) is 0 Å². The second kappa shape index (κ2) is 6.67. The van der Waals surface area contributed by atoms with Crippen molar-refractivity contribution < 1.29 is 19.1 Å². The smallest absolute Gasteiger partial charge is 0.340 e. The Morgan fingerprint density at radius 1 is 1.25 bits per heavy atom. The van der Waals surface area contributed by atoms with Crippen molar-refractivity contribution in [3.05, 3.63) is 23.0 Å². The van der Waals surface area contributed by atoms with Crippen LogP contribution in [0.15, 0.2) is 6.07 Å². The van der Waals surface area contributed by atoms with E-state index in [0.717, 1.165) is 24.2 Å². The van der Waals surface area contributed by atoms with Crippen molar-refractivity contribution in [3.63, 3.8) is 0 Å². The topological polar surface area (TPSA) is 89.4 Å². The van der Waals surface area contributed by atoms with E-state index in [1.807, 2.05) is 13.8 Å². The molecule has 0 aliphatic heterocycles. The summed E-state index contributed by atoms with van der Waals surface area (Å²) in [4.78, 5) is 35.5. The van der Waals surface area contributed by atoms with Gasteiger partial charge in [0.05, 0.1) is 5.56 Å². The van der Waals surface area contributed by atoms with Gasteiger partial charge in [-0.3, -0.25) is 10.1 Å². The van der Waals surface area contributed by atoms with Gasteiger partial charge in [-0.15, -0.1) is 0 Å². The highest BCUT2D eigenvalue weighted by Crippen LogP contribution is 2.38. The molecule has 1 heterocycles. The number of nitrogens with zero attached hydrogens (tertiary/aromatic N) is 1. The number of aromatic nitrogens is 1. The zero-order valence-corrected chi connectivity index (χ0v) is 14.9. The molecule has 1 fully saturated rings. The number of hydrogen-bond donors (Lipinski definition) is 2. The molecular formula is C17H25N3O4. The number of imide groups is 1. The molecule has 1 aromatic rings. The Kier molecular flexibility index (Phi) is 5.01. The third kappa shape index (κ3) is 4.59. The van der Waals surface area contributed by atoms with Crippen molar-refractivity contribution in [2.75, 3.05) is 6.61 Å². The van der Waals surface area contributed by atoms with E-state index in [4.69, 9.17) is 4.74 Å². The van der Waals surface area contributed by atoms with Gasteiger partial charge < -0.3 is 14.6 Å². The fourth-order valence-electron chi connectivity index (χ4n) is 2.62. The number of aryl methyl sites for hydroxylation is 1. The van der Waals surface area contributed by atoms with Crippen LogP contribution in [0, 0.1) is 13.8 Å². The molecule has 132 valence electrons. The van der Waals surface area contributed by atoms with Crippen molar-refractivity contribution in [3.8, 4) is 0 Å². The number of carbonyl (C=O) groups is 3. The van der Waals surface area contributed by atoms with E-state index in [9.17, 15) is 14.4 Å². The lowest BCUT2D eigenvalue weighted by molar-refractivity contribution is -0.123. The quantitative estimate of drug-likeness (QED) is 0.826. The third-order valence-electron chi connectivity index (χ3n) is 3.69. The number of carbonyl (C=O) groups excluding carboxylic acids is 3. The standard InChI is InChI=1S/C17H25N3O4/c1-10-8-13(11(2)20(10)12-6-7-12)15(22)24-9-14(21)18-16(23)19-17(3,4)5/h8,12H,6-7,9H2,1-5H3,(H2,18,19,21,23). The van der Waals surface area contributed by atoms with Gasteiger partial charge in [-0.2, -0.15) is 0 Å². The summed E-state index contributed by atoms with van der Waals surface area (Å²) in [5.41, 5.74) is 1.87. The molecule has 1 aromatic heterocycles. The molecule has 2 N–H and O–H groups in total. The van der Waals surface area contributed by atoms with Crippen molar-refractivity contribution in [2.24, 2.45) is 0 Å². The van der Waals surface area contributed by atoms with Crippen LogP contribution >= 0.6 is 0 Å². The first-order chi connectivity index (χ1) is 11.1. The number of urea groups is 1. The van der Waals surface area contributed by atoms with Gasteiger partial charge in [-0.25, -0.2) is 9.59 Å². The summed E-state index contributed by atoms with van der Waals surface area (Å²) in [6.07, 6.45) is 2.24. The predicted octanol–water partition coefficient (Wildman–Crippen LogP) is 2.22. The molecule has 0 saturated heterocycles. The fraction of sp³-hybridized carbons (Fsp3) is 0.588. The van der Waals surface area contributed by atoms with Crippen molar-refractivity contribution in [1.82, 2.24) is 15.2 Å². The van der Waals surface area contributed by atoms with E-state index < -0.39 is 30.1 Å². The first kappa shape index (κ1) is 18.0. The molecule has 1 aliphatic rings. The van der Waals surface area contributed by atoms with Crippen LogP contribution in [-0.4, -0.2) is 34.6 Å². The molecule has 24 heavy (non-hydrogen) atoms. The maximum Gasteiger partial charge on any atom is 0.340 e. The minimum absolute atomic E-state index is 0.457. The highest BCUT2D eigenvalue weighted by molar-refractivity contribution is 5.97. The normalized spacial score (nSPS) is 14.2. The molecule has 0 bridgehead atoms.